The second-order valence-electron chi connectivity index (χ2n) is 3.99. The molecule has 0 atom stereocenters. The molecule has 0 bridgehead atoms. The standard InChI is InChI=1S/C10H12ClN3O5S2/c1-20(16,17)10(21(2,18)19)14-13-9(15)12-8-5-3-7(11)4-6-8/h3-6H,1-2H3,(H2,12,13,15). The quantitative estimate of drug-likeness (QED) is 0.463. The van der Waals surface area contributed by atoms with Crippen molar-refractivity contribution < 1.29 is 21.6 Å². The molecule has 0 heterocycles. The van der Waals surface area contributed by atoms with Crippen molar-refractivity contribution in [1.82, 2.24) is 5.43 Å². The molecule has 0 spiro atoms. The fourth-order valence-corrected chi connectivity index (χ4v) is 3.98. The molecule has 1 aromatic rings. The first kappa shape index (κ1) is 17.4. The molecule has 1 rings (SSSR count). The van der Waals surface area contributed by atoms with Crippen LogP contribution in [-0.4, -0.2) is 39.8 Å². The maximum absolute atomic E-state index is 11.5. The normalized spacial score (nSPS) is 11.6. The molecule has 0 aliphatic carbocycles. The summed E-state index contributed by atoms with van der Waals surface area (Å²) < 4.78 is 44.0. The summed E-state index contributed by atoms with van der Waals surface area (Å²) in [5.74, 6) is 0. The van der Waals surface area contributed by atoms with Crippen LogP contribution in [0, 0.1) is 0 Å². The lowest BCUT2D eigenvalue weighted by Gasteiger charge is -2.05. The van der Waals surface area contributed by atoms with Crippen LogP contribution >= 0.6 is 11.6 Å². The Hall–Kier alpha value is -1.65. The number of nitrogens with zero attached hydrogens (tertiary/aromatic N) is 1. The maximum Gasteiger partial charge on any atom is 0.339 e. The first-order chi connectivity index (χ1) is 9.50. The predicted octanol–water partition coefficient (Wildman–Crippen LogP) is 0.822. The third kappa shape index (κ3) is 5.69. The number of sulfone groups is 2. The fraction of sp³-hybridized carbons (Fsp3) is 0.200. The van der Waals surface area contributed by atoms with Crippen LogP contribution in [0.1, 0.15) is 0 Å². The molecule has 2 amide bonds. The topological polar surface area (TPSA) is 122 Å². The van der Waals surface area contributed by atoms with Gasteiger partial charge >= 0.3 is 6.03 Å². The van der Waals surface area contributed by atoms with Crippen molar-refractivity contribution in [3.8, 4) is 0 Å². The Morgan fingerprint density at radius 3 is 1.95 bits per heavy atom. The molecule has 0 unspecified atom stereocenters. The van der Waals surface area contributed by atoms with E-state index >= 15 is 0 Å². The average Bonchev–Trinajstić information content (AvgIpc) is 2.28. The smallest absolute Gasteiger partial charge is 0.307 e. The van der Waals surface area contributed by atoms with E-state index in [0.717, 1.165) is 0 Å². The van der Waals surface area contributed by atoms with E-state index in [2.05, 4.69) is 10.4 Å². The van der Waals surface area contributed by atoms with Gasteiger partial charge in [-0.3, -0.25) is 0 Å². The summed E-state index contributed by atoms with van der Waals surface area (Å²) in [5, 5.41) is 5.92. The van der Waals surface area contributed by atoms with Gasteiger partial charge in [0.05, 0.1) is 0 Å². The van der Waals surface area contributed by atoms with Gasteiger partial charge in [0.1, 0.15) is 0 Å². The molecule has 8 nitrogen and oxygen atoms in total. The Labute approximate surface area is 127 Å². The highest BCUT2D eigenvalue weighted by Crippen LogP contribution is 2.13. The molecule has 0 saturated heterocycles. The molecule has 11 heteroatoms. The lowest BCUT2D eigenvalue weighted by atomic mass is 10.3. The Kier molecular flexibility index (Phi) is 5.31. The number of benzene rings is 1. The van der Waals surface area contributed by atoms with Crippen molar-refractivity contribution in [2.24, 2.45) is 5.10 Å². The summed E-state index contributed by atoms with van der Waals surface area (Å²) >= 11 is 5.67. The number of hydrazone groups is 1. The highest BCUT2D eigenvalue weighted by Gasteiger charge is 2.25. The monoisotopic (exact) mass is 353 g/mol. The van der Waals surface area contributed by atoms with Gasteiger partial charge in [-0.05, 0) is 24.3 Å². The van der Waals surface area contributed by atoms with Gasteiger partial charge in [0.15, 0.2) is 0 Å². The van der Waals surface area contributed by atoms with E-state index in [4.69, 9.17) is 11.6 Å². The van der Waals surface area contributed by atoms with Gasteiger partial charge in [-0.25, -0.2) is 27.1 Å². The van der Waals surface area contributed by atoms with Crippen LogP contribution in [0.2, 0.25) is 5.02 Å². The van der Waals surface area contributed by atoms with Gasteiger partial charge in [0.2, 0.25) is 19.7 Å². The summed E-state index contributed by atoms with van der Waals surface area (Å²) in [6, 6.07) is 5.15. The Morgan fingerprint density at radius 1 is 1.05 bits per heavy atom. The summed E-state index contributed by atoms with van der Waals surface area (Å²) in [6.45, 7) is 0. The first-order valence-electron chi connectivity index (χ1n) is 5.30. The fourth-order valence-electron chi connectivity index (χ4n) is 1.23. The SMILES string of the molecule is CS(=O)(=O)C(=NNC(=O)Nc1ccc(Cl)cc1)S(C)(=O)=O. The zero-order chi connectivity index (χ0) is 16.3. The van der Waals surface area contributed by atoms with Crippen LogP contribution in [0.5, 0.6) is 0 Å². The first-order valence-corrected chi connectivity index (χ1v) is 9.46. The second-order valence-corrected chi connectivity index (χ2v) is 8.55. The Balaban J connectivity index is 2.87. The number of halogens is 1. The van der Waals surface area contributed by atoms with Crippen LogP contribution in [0.25, 0.3) is 0 Å². The highest BCUT2D eigenvalue weighted by atomic mass is 35.5. The van der Waals surface area contributed by atoms with Crippen molar-refractivity contribution in [2.75, 3.05) is 17.8 Å². The van der Waals surface area contributed by atoms with Gasteiger partial charge in [0.25, 0.3) is 4.38 Å². The van der Waals surface area contributed by atoms with Crippen molar-refractivity contribution in [2.45, 2.75) is 0 Å². The molecular weight excluding hydrogens is 342 g/mol. The van der Waals surface area contributed by atoms with Gasteiger partial charge in [-0.15, -0.1) is 5.10 Å². The number of anilines is 1. The van der Waals surface area contributed by atoms with E-state index in [1.165, 1.54) is 24.3 Å². The minimum atomic E-state index is -4.09. The number of hydrogen-bond donors (Lipinski definition) is 2. The van der Waals surface area contributed by atoms with Crippen molar-refractivity contribution in [3.63, 3.8) is 0 Å². The summed E-state index contributed by atoms with van der Waals surface area (Å²) in [5.41, 5.74) is 2.17. The van der Waals surface area contributed by atoms with Crippen LogP contribution in [0.4, 0.5) is 10.5 Å². The number of rotatable bonds is 2. The lowest BCUT2D eigenvalue weighted by molar-refractivity contribution is 0.252. The van der Waals surface area contributed by atoms with Crippen molar-refractivity contribution in [3.05, 3.63) is 29.3 Å². The van der Waals surface area contributed by atoms with E-state index in [-0.39, 0.29) is 0 Å². The van der Waals surface area contributed by atoms with Crippen molar-refractivity contribution >= 4 is 47.4 Å². The number of nitrogens with one attached hydrogen (secondary N) is 2. The van der Waals surface area contributed by atoms with E-state index in [1.807, 2.05) is 0 Å². The number of carbonyl (C=O) groups is 1. The predicted molar refractivity (Wildman–Crippen MR) is 80.7 cm³/mol. The molecule has 0 saturated carbocycles. The molecule has 116 valence electrons. The number of urea groups is 1. The minimum absolute atomic E-state index is 0.368. The zero-order valence-corrected chi connectivity index (χ0v) is 13.4. The average molecular weight is 354 g/mol. The molecule has 0 aliphatic heterocycles. The molecule has 0 radical (unpaired) electrons. The highest BCUT2D eigenvalue weighted by molar-refractivity contribution is 8.30. The summed E-state index contributed by atoms with van der Waals surface area (Å²) in [6.07, 6.45) is 1.34. The van der Waals surface area contributed by atoms with Gasteiger partial charge in [-0.1, -0.05) is 11.6 Å². The van der Waals surface area contributed by atoms with Gasteiger partial charge in [-0.2, -0.15) is 0 Å². The third-order valence-electron chi connectivity index (χ3n) is 1.99. The van der Waals surface area contributed by atoms with Gasteiger partial charge in [0, 0.05) is 23.2 Å². The van der Waals surface area contributed by atoms with E-state index < -0.39 is 30.1 Å². The van der Waals surface area contributed by atoms with Gasteiger partial charge < -0.3 is 5.32 Å². The zero-order valence-electron chi connectivity index (χ0n) is 11.0. The number of hydrogen-bond acceptors (Lipinski definition) is 6. The minimum Gasteiger partial charge on any atom is -0.307 e. The molecule has 21 heavy (non-hydrogen) atoms. The van der Waals surface area contributed by atoms with E-state index in [1.54, 1.807) is 5.43 Å². The molecule has 0 fully saturated rings. The van der Waals surface area contributed by atoms with Crippen LogP contribution < -0.4 is 10.7 Å². The molecular formula is C10H12ClN3O5S2. The molecule has 0 aromatic heterocycles. The largest absolute Gasteiger partial charge is 0.339 e. The Morgan fingerprint density at radius 2 is 1.52 bits per heavy atom. The summed E-state index contributed by atoms with van der Waals surface area (Å²) in [7, 11) is -8.19. The van der Waals surface area contributed by atoms with Crippen LogP contribution in [-0.2, 0) is 19.7 Å². The Bertz CT molecular complexity index is 735. The van der Waals surface area contributed by atoms with Crippen LogP contribution in [0.15, 0.2) is 29.4 Å². The second kappa shape index (κ2) is 6.41. The maximum atomic E-state index is 11.5. The number of carbonyl (C=O) groups excluding carboxylic acids is 1. The van der Waals surface area contributed by atoms with Crippen molar-refractivity contribution in [1.29, 1.82) is 0 Å². The molecule has 0 aliphatic rings. The molecule has 1 aromatic carbocycles. The van der Waals surface area contributed by atoms with E-state index in [9.17, 15) is 21.6 Å². The third-order valence-corrected chi connectivity index (χ3v) is 5.51. The van der Waals surface area contributed by atoms with E-state index in [0.29, 0.717) is 23.2 Å². The van der Waals surface area contributed by atoms with Crippen LogP contribution in [0.3, 0.4) is 0 Å². The lowest BCUT2D eigenvalue weighted by Crippen LogP contribution is -2.30. The number of amides is 2. The molecule has 2 N–H and O–H groups in total. The summed E-state index contributed by atoms with van der Waals surface area (Å²) in [4.78, 5) is 11.5.